The highest BCUT2D eigenvalue weighted by Crippen LogP contribution is 2.60. The Hall–Kier alpha value is -1.28. The van der Waals surface area contributed by atoms with Gasteiger partial charge >= 0.3 is 12.4 Å². The van der Waals surface area contributed by atoms with Gasteiger partial charge in [0.25, 0.3) is 5.60 Å². The second-order valence-corrected chi connectivity index (χ2v) is 11.3. The Labute approximate surface area is 204 Å². The van der Waals surface area contributed by atoms with Crippen LogP contribution in [0, 0.1) is 23.2 Å². The molecule has 1 unspecified atom stereocenters. The van der Waals surface area contributed by atoms with Crippen LogP contribution < -0.4 is 0 Å². The number of aliphatic hydroxyl groups excluding tert-OH is 1. The Morgan fingerprint density at radius 3 is 2.34 bits per heavy atom. The molecular formula is C27H38F6O2. The maximum absolute atomic E-state index is 13.0. The quantitative estimate of drug-likeness (QED) is 0.359. The van der Waals surface area contributed by atoms with E-state index in [1.54, 1.807) is 0 Å². The Kier molecular flexibility index (Phi) is 8.27. The van der Waals surface area contributed by atoms with Crippen molar-refractivity contribution >= 4 is 0 Å². The maximum atomic E-state index is 13.0. The summed E-state index contributed by atoms with van der Waals surface area (Å²) in [6.45, 7) is 8.26. The van der Waals surface area contributed by atoms with E-state index in [1.807, 2.05) is 6.92 Å². The molecule has 0 aromatic heterocycles. The first-order valence-corrected chi connectivity index (χ1v) is 12.7. The highest BCUT2D eigenvalue weighted by atomic mass is 19.4. The van der Waals surface area contributed by atoms with Crippen LogP contribution in [0.5, 0.6) is 0 Å². The van der Waals surface area contributed by atoms with E-state index in [0.717, 1.165) is 56.1 Å². The first kappa shape index (κ1) is 28.3. The van der Waals surface area contributed by atoms with Crippen LogP contribution >= 0.6 is 0 Å². The maximum Gasteiger partial charge on any atom is 0.426 e. The van der Waals surface area contributed by atoms with Crippen LogP contribution in [0.1, 0.15) is 84.5 Å². The van der Waals surface area contributed by atoms with E-state index in [0.29, 0.717) is 12.3 Å². The molecule has 2 nitrogen and oxygen atoms in total. The molecule has 0 aromatic rings. The van der Waals surface area contributed by atoms with Crippen LogP contribution in [0.2, 0.25) is 0 Å². The van der Waals surface area contributed by atoms with Gasteiger partial charge in [-0.2, -0.15) is 26.3 Å². The minimum absolute atomic E-state index is 0.0401. The van der Waals surface area contributed by atoms with Gasteiger partial charge in [-0.15, -0.1) is 0 Å². The molecule has 0 radical (unpaired) electrons. The molecule has 35 heavy (non-hydrogen) atoms. The zero-order valence-corrected chi connectivity index (χ0v) is 20.6. The standard InChI is InChI=1S/C27H38F6O2/c1-17-8-11-21(34)16-20(17)10-9-19-7-5-14-24(3)22(12-13-23(19)24)18(2)6-4-15-25(35,26(28,29)30)27(31,32)33/h9-10,18,21-23,34-35H,1,4-8,11-16H2,2-3H3/b19-9?,20-10-/t18-,21+,22-,23?,24-/m1/s1. The van der Waals surface area contributed by atoms with Crippen molar-refractivity contribution in [3.63, 3.8) is 0 Å². The molecule has 3 aliphatic rings. The fraction of sp³-hybridized carbons (Fsp3) is 0.778. The van der Waals surface area contributed by atoms with Gasteiger partial charge in [0, 0.05) is 0 Å². The number of allylic oxidation sites excluding steroid dienone is 4. The summed E-state index contributed by atoms with van der Waals surface area (Å²) >= 11 is 0. The monoisotopic (exact) mass is 508 g/mol. The van der Waals surface area contributed by atoms with Gasteiger partial charge in [-0.25, -0.2) is 0 Å². The van der Waals surface area contributed by atoms with Gasteiger partial charge in [-0.1, -0.05) is 50.1 Å². The predicted molar refractivity (Wildman–Crippen MR) is 123 cm³/mol. The van der Waals surface area contributed by atoms with Crippen LogP contribution in [0.3, 0.4) is 0 Å². The van der Waals surface area contributed by atoms with Gasteiger partial charge in [0.2, 0.25) is 0 Å². The average Bonchev–Trinajstić information content (AvgIpc) is 3.10. The van der Waals surface area contributed by atoms with Gasteiger partial charge in [0.15, 0.2) is 0 Å². The molecule has 0 aromatic carbocycles. The third kappa shape index (κ3) is 5.68. The lowest BCUT2D eigenvalue weighted by molar-refractivity contribution is -0.370. The van der Waals surface area contributed by atoms with E-state index in [1.165, 1.54) is 5.57 Å². The molecule has 3 saturated carbocycles. The van der Waals surface area contributed by atoms with Gasteiger partial charge in [0.1, 0.15) is 0 Å². The van der Waals surface area contributed by atoms with Crippen LogP contribution in [0.25, 0.3) is 0 Å². The Bertz CT molecular complexity index is 826. The van der Waals surface area contributed by atoms with E-state index in [2.05, 4.69) is 25.7 Å². The summed E-state index contributed by atoms with van der Waals surface area (Å²) in [4.78, 5) is 0. The topological polar surface area (TPSA) is 40.5 Å². The lowest BCUT2D eigenvalue weighted by Gasteiger charge is -2.44. The van der Waals surface area contributed by atoms with Crippen molar-refractivity contribution < 1.29 is 36.6 Å². The number of rotatable bonds is 6. The van der Waals surface area contributed by atoms with Crippen LogP contribution in [0.4, 0.5) is 26.3 Å². The zero-order chi connectivity index (χ0) is 26.2. The third-order valence-electron chi connectivity index (χ3n) is 9.05. The lowest BCUT2D eigenvalue weighted by Crippen LogP contribution is -2.56. The van der Waals surface area contributed by atoms with Crippen molar-refractivity contribution in [3.05, 3.63) is 35.5 Å². The van der Waals surface area contributed by atoms with Gasteiger partial charge in [-0.3, -0.25) is 0 Å². The second kappa shape index (κ2) is 10.2. The molecule has 0 saturated heterocycles. The van der Waals surface area contributed by atoms with Crippen LogP contribution in [-0.2, 0) is 0 Å². The number of alkyl halides is 6. The normalized spacial score (nSPS) is 33.9. The molecule has 0 amide bonds. The molecule has 3 aliphatic carbocycles. The molecule has 200 valence electrons. The summed E-state index contributed by atoms with van der Waals surface area (Å²) in [7, 11) is 0. The molecule has 0 heterocycles. The van der Waals surface area contributed by atoms with Crippen LogP contribution in [-0.4, -0.2) is 34.3 Å². The number of hydrogen-bond acceptors (Lipinski definition) is 2. The molecule has 8 heteroatoms. The highest BCUT2D eigenvalue weighted by Gasteiger charge is 2.69. The summed E-state index contributed by atoms with van der Waals surface area (Å²) in [6, 6.07) is 0. The average molecular weight is 509 g/mol. The molecule has 0 spiro atoms. The van der Waals surface area contributed by atoms with Crippen molar-refractivity contribution in [2.24, 2.45) is 23.2 Å². The molecule has 0 aliphatic heterocycles. The van der Waals surface area contributed by atoms with E-state index < -0.39 is 24.4 Å². The molecule has 5 atom stereocenters. The number of aliphatic hydroxyl groups is 2. The molecule has 3 fully saturated rings. The van der Waals surface area contributed by atoms with E-state index in [4.69, 9.17) is 0 Å². The van der Waals surface area contributed by atoms with Crippen LogP contribution in [0.15, 0.2) is 35.5 Å². The summed E-state index contributed by atoms with van der Waals surface area (Å²) in [6.07, 6.45) is -2.17. The largest absolute Gasteiger partial charge is 0.426 e. The zero-order valence-electron chi connectivity index (χ0n) is 20.6. The minimum Gasteiger partial charge on any atom is -0.393 e. The van der Waals surface area contributed by atoms with Gasteiger partial charge < -0.3 is 10.2 Å². The molecule has 2 N–H and O–H groups in total. The first-order chi connectivity index (χ1) is 16.1. The lowest BCUT2D eigenvalue weighted by atomic mass is 9.60. The van der Waals surface area contributed by atoms with Gasteiger partial charge in [-0.05, 0) is 93.0 Å². The smallest absolute Gasteiger partial charge is 0.393 e. The molecular weight excluding hydrogens is 470 g/mol. The summed E-state index contributed by atoms with van der Waals surface area (Å²) in [5.74, 6) is 0.506. The molecule has 3 rings (SSSR count). The Morgan fingerprint density at radius 2 is 1.71 bits per heavy atom. The fourth-order valence-corrected chi connectivity index (χ4v) is 6.93. The van der Waals surface area contributed by atoms with Crippen molar-refractivity contribution in [1.82, 2.24) is 0 Å². The number of halogens is 6. The summed E-state index contributed by atoms with van der Waals surface area (Å²) < 4.78 is 78.0. The first-order valence-electron chi connectivity index (χ1n) is 12.7. The fourth-order valence-electron chi connectivity index (χ4n) is 6.93. The Morgan fingerprint density at radius 1 is 1.06 bits per heavy atom. The number of hydrogen-bond donors (Lipinski definition) is 2. The summed E-state index contributed by atoms with van der Waals surface area (Å²) in [5.41, 5.74) is -1.23. The predicted octanol–water partition coefficient (Wildman–Crippen LogP) is 7.82. The minimum atomic E-state index is -5.75. The van der Waals surface area contributed by atoms with Crippen molar-refractivity contribution in [2.75, 3.05) is 0 Å². The van der Waals surface area contributed by atoms with Crippen molar-refractivity contribution in [1.29, 1.82) is 0 Å². The third-order valence-corrected chi connectivity index (χ3v) is 9.05. The number of fused-ring (bicyclic) bond motifs is 1. The second-order valence-electron chi connectivity index (χ2n) is 11.3. The van der Waals surface area contributed by atoms with E-state index >= 15 is 0 Å². The Balaban J connectivity index is 1.68. The summed E-state index contributed by atoms with van der Waals surface area (Å²) in [5, 5.41) is 19.4. The highest BCUT2D eigenvalue weighted by molar-refractivity contribution is 5.36. The van der Waals surface area contributed by atoms with Gasteiger partial charge in [0.05, 0.1) is 6.10 Å². The van der Waals surface area contributed by atoms with E-state index in [9.17, 15) is 36.6 Å². The van der Waals surface area contributed by atoms with Crippen molar-refractivity contribution in [3.8, 4) is 0 Å². The SMILES string of the molecule is C=C1CC[C@H](O)C/C1=C/C=C1CCC[C@@]2(C)C1CC[C@@H]2[C@H](C)CCCC(O)(C(F)(F)F)C(F)(F)F. The molecule has 0 bridgehead atoms. The van der Waals surface area contributed by atoms with Crippen molar-refractivity contribution in [2.45, 2.75) is 109 Å². The van der Waals surface area contributed by atoms with E-state index in [-0.39, 0.29) is 36.2 Å².